The number of amides is 1. The van der Waals surface area contributed by atoms with Crippen LogP contribution in [-0.4, -0.2) is 13.0 Å². The maximum Gasteiger partial charge on any atom is 0.251 e. The first-order chi connectivity index (χ1) is 11.2. The van der Waals surface area contributed by atoms with Crippen molar-refractivity contribution in [2.75, 3.05) is 7.11 Å². The molecule has 0 aliphatic carbocycles. The predicted octanol–water partition coefficient (Wildman–Crippen LogP) is 4.79. The third-order valence-corrected chi connectivity index (χ3v) is 4.28. The monoisotopic (exact) mass is 325 g/mol. The van der Waals surface area contributed by atoms with Gasteiger partial charge in [-0.15, -0.1) is 0 Å². The van der Waals surface area contributed by atoms with Gasteiger partial charge in [0.05, 0.1) is 13.2 Å². The van der Waals surface area contributed by atoms with E-state index >= 15 is 0 Å². The van der Waals surface area contributed by atoms with E-state index in [0.717, 1.165) is 16.9 Å². The van der Waals surface area contributed by atoms with Crippen molar-refractivity contribution in [3.05, 3.63) is 64.7 Å². The van der Waals surface area contributed by atoms with E-state index in [1.54, 1.807) is 13.2 Å². The SMILES string of the molecule is COc1ccc(C(=O)N[C@@H](C)c2ccc(C(C)(C)C)cc2)cc1C. The van der Waals surface area contributed by atoms with Gasteiger partial charge in [0.2, 0.25) is 0 Å². The highest BCUT2D eigenvalue weighted by atomic mass is 16.5. The zero-order chi connectivity index (χ0) is 17.9. The quantitative estimate of drug-likeness (QED) is 0.877. The molecule has 1 atom stereocenters. The molecule has 0 unspecified atom stereocenters. The van der Waals surface area contributed by atoms with Crippen molar-refractivity contribution in [3.63, 3.8) is 0 Å². The standard InChI is InChI=1S/C21H27NO2/c1-14-13-17(9-12-19(14)24-6)20(23)22-15(2)16-7-10-18(11-8-16)21(3,4)5/h7-13,15H,1-6H3,(H,22,23)/t15-/m0/s1. The third kappa shape index (κ3) is 4.16. The van der Waals surface area contributed by atoms with E-state index in [9.17, 15) is 4.79 Å². The van der Waals surface area contributed by atoms with Crippen molar-refractivity contribution >= 4 is 5.91 Å². The Morgan fingerprint density at radius 2 is 1.71 bits per heavy atom. The van der Waals surface area contributed by atoms with E-state index < -0.39 is 0 Å². The normalized spacial score (nSPS) is 12.6. The highest BCUT2D eigenvalue weighted by molar-refractivity contribution is 5.94. The Hall–Kier alpha value is -2.29. The summed E-state index contributed by atoms with van der Waals surface area (Å²) in [5.74, 6) is 0.713. The van der Waals surface area contributed by atoms with Crippen LogP contribution in [0.1, 0.15) is 60.8 Å². The minimum Gasteiger partial charge on any atom is -0.496 e. The first-order valence-electron chi connectivity index (χ1n) is 8.28. The molecule has 0 saturated carbocycles. The second-order valence-electron chi connectivity index (χ2n) is 7.25. The van der Waals surface area contributed by atoms with Crippen LogP contribution in [0.15, 0.2) is 42.5 Å². The second-order valence-corrected chi connectivity index (χ2v) is 7.25. The lowest BCUT2D eigenvalue weighted by atomic mass is 9.86. The number of carbonyl (C=O) groups excluding carboxylic acids is 1. The number of aryl methyl sites for hydroxylation is 1. The fraction of sp³-hybridized carbons (Fsp3) is 0.381. The number of hydrogen-bond acceptors (Lipinski definition) is 2. The summed E-state index contributed by atoms with van der Waals surface area (Å²) in [5, 5.41) is 3.06. The van der Waals surface area contributed by atoms with E-state index in [1.807, 2.05) is 26.0 Å². The van der Waals surface area contributed by atoms with Crippen LogP contribution in [0.25, 0.3) is 0 Å². The Labute approximate surface area is 145 Å². The Balaban J connectivity index is 2.10. The van der Waals surface area contributed by atoms with Gasteiger partial charge in [-0.05, 0) is 54.2 Å². The van der Waals surface area contributed by atoms with Crippen molar-refractivity contribution < 1.29 is 9.53 Å². The molecule has 0 fully saturated rings. The van der Waals surface area contributed by atoms with E-state index in [-0.39, 0.29) is 17.4 Å². The van der Waals surface area contributed by atoms with Crippen molar-refractivity contribution in [1.82, 2.24) is 5.32 Å². The molecule has 0 aliphatic heterocycles. The molecule has 128 valence electrons. The lowest BCUT2D eigenvalue weighted by molar-refractivity contribution is 0.0939. The minimum absolute atomic E-state index is 0.0473. The number of rotatable bonds is 4. The van der Waals surface area contributed by atoms with Crippen LogP contribution in [-0.2, 0) is 5.41 Å². The molecule has 3 heteroatoms. The molecule has 24 heavy (non-hydrogen) atoms. The number of hydrogen-bond donors (Lipinski definition) is 1. The molecule has 0 aliphatic rings. The molecule has 0 aromatic heterocycles. The molecule has 0 bridgehead atoms. The van der Waals surface area contributed by atoms with Gasteiger partial charge in [-0.3, -0.25) is 4.79 Å². The van der Waals surface area contributed by atoms with Crippen molar-refractivity contribution in [2.24, 2.45) is 0 Å². The molecule has 2 aromatic carbocycles. The first kappa shape index (κ1) is 18.1. The fourth-order valence-corrected chi connectivity index (χ4v) is 2.65. The maximum atomic E-state index is 12.5. The summed E-state index contributed by atoms with van der Waals surface area (Å²) in [6, 6.07) is 13.9. The second kappa shape index (κ2) is 7.08. The van der Waals surface area contributed by atoms with Gasteiger partial charge >= 0.3 is 0 Å². The van der Waals surface area contributed by atoms with Gasteiger partial charge in [-0.1, -0.05) is 45.0 Å². The molecule has 0 spiro atoms. The van der Waals surface area contributed by atoms with Crippen molar-refractivity contribution in [2.45, 2.75) is 46.1 Å². The molecule has 0 saturated heterocycles. The van der Waals surface area contributed by atoms with Crippen LogP contribution < -0.4 is 10.1 Å². The molecule has 1 N–H and O–H groups in total. The summed E-state index contributed by atoms with van der Waals surface area (Å²) in [6.07, 6.45) is 0. The molecule has 2 aromatic rings. The minimum atomic E-state index is -0.0758. The predicted molar refractivity (Wildman–Crippen MR) is 98.8 cm³/mol. The molecule has 0 radical (unpaired) electrons. The van der Waals surface area contributed by atoms with Gasteiger partial charge < -0.3 is 10.1 Å². The van der Waals surface area contributed by atoms with Gasteiger partial charge in [0.1, 0.15) is 5.75 Å². The highest BCUT2D eigenvalue weighted by Crippen LogP contribution is 2.24. The van der Waals surface area contributed by atoms with E-state index in [4.69, 9.17) is 4.74 Å². The van der Waals surface area contributed by atoms with Crippen LogP contribution in [0.5, 0.6) is 5.75 Å². The molecule has 0 heterocycles. The Morgan fingerprint density at radius 3 is 2.21 bits per heavy atom. The molecular formula is C21H27NO2. The first-order valence-corrected chi connectivity index (χ1v) is 8.28. The topological polar surface area (TPSA) is 38.3 Å². The van der Waals surface area contributed by atoms with Crippen LogP contribution in [0.2, 0.25) is 0 Å². The van der Waals surface area contributed by atoms with Crippen LogP contribution in [0.3, 0.4) is 0 Å². The summed E-state index contributed by atoms with van der Waals surface area (Å²) >= 11 is 0. The largest absolute Gasteiger partial charge is 0.496 e. The van der Waals surface area contributed by atoms with E-state index in [2.05, 4.69) is 50.4 Å². The number of methoxy groups -OCH3 is 1. The Morgan fingerprint density at radius 1 is 1.08 bits per heavy atom. The van der Waals surface area contributed by atoms with Crippen molar-refractivity contribution in [3.8, 4) is 5.75 Å². The van der Waals surface area contributed by atoms with Crippen LogP contribution in [0, 0.1) is 6.92 Å². The third-order valence-electron chi connectivity index (χ3n) is 4.28. The average molecular weight is 325 g/mol. The summed E-state index contributed by atoms with van der Waals surface area (Å²) in [4.78, 5) is 12.5. The fourth-order valence-electron chi connectivity index (χ4n) is 2.65. The van der Waals surface area contributed by atoms with Crippen molar-refractivity contribution in [1.29, 1.82) is 0 Å². The zero-order valence-corrected chi connectivity index (χ0v) is 15.4. The number of ether oxygens (including phenoxy) is 1. The van der Waals surface area contributed by atoms with Gasteiger partial charge in [-0.25, -0.2) is 0 Å². The lowest BCUT2D eigenvalue weighted by Crippen LogP contribution is -2.26. The molecule has 1 amide bonds. The van der Waals surface area contributed by atoms with E-state index in [0.29, 0.717) is 5.56 Å². The number of carbonyl (C=O) groups is 1. The smallest absolute Gasteiger partial charge is 0.251 e. The maximum absolute atomic E-state index is 12.5. The zero-order valence-electron chi connectivity index (χ0n) is 15.4. The highest BCUT2D eigenvalue weighted by Gasteiger charge is 2.16. The van der Waals surface area contributed by atoms with Gasteiger partial charge in [-0.2, -0.15) is 0 Å². The van der Waals surface area contributed by atoms with Crippen LogP contribution in [0.4, 0.5) is 0 Å². The number of benzene rings is 2. The Bertz CT molecular complexity index is 712. The van der Waals surface area contributed by atoms with Gasteiger partial charge in [0, 0.05) is 5.56 Å². The molecule has 3 nitrogen and oxygen atoms in total. The van der Waals surface area contributed by atoms with E-state index in [1.165, 1.54) is 5.56 Å². The lowest BCUT2D eigenvalue weighted by Gasteiger charge is -2.21. The number of nitrogens with one attached hydrogen (secondary N) is 1. The summed E-state index contributed by atoms with van der Waals surface area (Å²) < 4.78 is 5.24. The summed E-state index contributed by atoms with van der Waals surface area (Å²) in [5.41, 5.74) is 4.11. The molecular weight excluding hydrogens is 298 g/mol. The molecule has 2 rings (SSSR count). The summed E-state index contributed by atoms with van der Waals surface area (Å²) in [6.45, 7) is 10.5. The van der Waals surface area contributed by atoms with Gasteiger partial charge in [0.25, 0.3) is 5.91 Å². The Kier molecular flexibility index (Phi) is 5.33. The van der Waals surface area contributed by atoms with Gasteiger partial charge in [0.15, 0.2) is 0 Å². The summed E-state index contributed by atoms with van der Waals surface area (Å²) in [7, 11) is 1.63. The average Bonchev–Trinajstić information content (AvgIpc) is 2.54. The van der Waals surface area contributed by atoms with Crippen LogP contribution >= 0.6 is 0 Å².